The van der Waals surface area contributed by atoms with E-state index in [0.29, 0.717) is 5.69 Å². The second-order valence-electron chi connectivity index (χ2n) is 7.26. The van der Waals surface area contributed by atoms with Crippen LogP contribution in [0, 0.1) is 0 Å². The number of hydrogen-bond acceptors (Lipinski definition) is 2. The number of halogens is 3. The Labute approximate surface area is 171 Å². The molecule has 4 aromatic rings. The van der Waals surface area contributed by atoms with Gasteiger partial charge >= 0.3 is 6.18 Å². The number of nitrogens with one attached hydrogen (secondary N) is 1. The lowest BCUT2D eigenvalue weighted by Crippen LogP contribution is -2.08. The third kappa shape index (κ3) is 3.24. The van der Waals surface area contributed by atoms with Gasteiger partial charge in [-0.2, -0.15) is 18.3 Å². The van der Waals surface area contributed by atoms with Crippen LogP contribution in [0.2, 0.25) is 0 Å². The molecule has 0 spiro atoms. The Hall–Kier alpha value is -3.54. The van der Waals surface area contributed by atoms with Gasteiger partial charge in [-0.3, -0.25) is 0 Å². The van der Waals surface area contributed by atoms with Gasteiger partial charge in [-0.15, -0.1) is 0 Å². The molecule has 5 rings (SSSR count). The SMILES string of the molecule is FC(F)(F)c1cccc(-n2nc(-c3ccc(-c4ccccc4)cc3)c3c2NCC3)c1. The summed E-state index contributed by atoms with van der Waals surface area (Å²) in [5.41, 5.74) is 4.71. The molecule has 0 radical (unpaired) electrons. The molecule has 0 bridgehead atoms. The van der Waals surface area contributed by atoms with Crippen LogP contribution in [0.3, 0.4) is 0 Å². The highest BCUT2D eigenvalue weighted by Crippen LogP contribution is 2.36. The quantitative estimate of drug-likeness (QED) is 0.440. The van der Waals surface area contributed by atoms with Gasteiger partial charge in [-0.1, -0.05) is 60.7 Å². The predicted molar refractivity (Wildman–Crippen MR) is 112 cm³/mol. The molecule has 1 N–H and O–H groups in total. The summed E-state index contributed by atoms with van der Waals surface area (Å²) in [6.07, 6.45) is -3.61. The second kappa shape index (κ2) is 7.06. The molecule has 0 atom stereocenters. The maximum Gasteiger partial charge on any atom is 0.416 e. The molecule has 2 heterocycles. The van der Waals surface area contributed by atoms with E-state index >= 15 is 0 Å². The fraction of sp³-hybridized carbons (Fsp3) is 0.125. The second-order valence-corrected chi connectivity index (χ2v) is 7.26. The monoisotopic (exact) mass is 405 g/mol. The first-order valence-electron chi connectivity index (χ1n) is 9.70. The molecule has 1 aromatic heterocycles. The van der Waals surface area contributed by atoms with Gasteiger partial charge in [0.15, 0.2) is 0 Å². The Morgan fingerprint density at radius 3 is 2.23 bits per heavy atom. The average Bonchev–Trinajstić information content (AvgIpc) is 3.37. The van der Waals surface area contributed by atoms with Gasteiger partial charge in [0.1, 0.15) is 5.82 Å². The van der Waals surface area contributed by atoms with Gasteiger partial charge in [0.25, 0.3) is 0 Å². The van der Waals surface area contributed by atoms with Crippen molar-refractivity contribution in [1.82, 2.24) is 9.78 Å². The Kier molecular flexibility index (Phi) is 4.35. The maximum absolute atomic E-state index is 13.2. The van der Waals surface area contributed by atoms with E-state index in [4.69, 9.17) is 0 Å². The normalized spacial score (nSPS) is 13.2. The minimum atomic E-state index is -4.39. The molecular weight excluding hydrogens is 387 g/mol. The first-order chi connectivity index (χ1) is 14.5. The molecule has 1 aliphatic rings. The minimum Gasteiger partial charge on any atom is -0.369 e. The molecule has 6 heteroatoms. The third-order valence-electron chi connectivity index (χ3n) is 5.33. The van der Waals surface area contributed by atoms with Crippen LogP contribution in [0.4, 0.5) is 19.0 Å². The van der Waals surface area contributed by atoms with Crippen molar-refractivity contribution in [2.24, 2.45) is 0 Å². The van der Waals surface area contributed by atoms with Crippen molar-refractivity contribution in [3.05, 3.63) is 90.0 Å². The van der Waals surface area contributed by atoms with Crippen LogP contribution in [0.5, 0.6) is 0 Å². The van der Waals surface area contributed by atoms with E-state index < -0.39 is 11.7 Å². The van der Waals surface area contributed by atoms with E-state index in [0.717, 1.165) is 58.9 Å². The predicted octanol–water partition coefficient (Wildman–Crippen LogP) is 6.19. The summed E-state index contributed by atoms with van der Waals surface area (Å²) in [5.74, 6) is 0.761. The summed E-state index contributed by atoms with van der Waals surface area (Å²) in [6, 6.07) is 23.5. The molecule has 30 heavy (non-hydrogen) atoms. The molecule has 0 saturated carbocycles. The number of rotatable bonds is 3. The fourth-order valence-corrected chi connectivity index (χ4v) is 3.86. The van der Waals surface area contributed by atoms with Crippen molar-refractivity contribution in [3.63, 3.8) is 0 Å². The van der Waals surface area contributed by atoms with E-state index in [-0.39, 0.29) is 0 Å². The van der Waals surface area contributed by atoms with Gasteiger partial charge < -0.3 is 5.32 Å². The Morgan fingerprint density at radius 2 is 1.50 bits per heavy atom. The number of nitrogens with zero attached hydrogens (tertiary/aromatic N) is 2. The van der Waals surface area contributed by atoms with E-state index in [1.54, 1.807) is 10.7 Å². The fourth-order valence-electron chi connectivity index (χ4n) is 3.86. The lowest BCUT2D eigenvalue weighted by atomic mass is 10.0. The standard InChI is InChI=1S/C24H18F3N3/c25-24(26,27)19-7-4-8-20(15-19)30-23-21(13-14-28-23)22(29-30)18-11-9-17(10-12-18)16-5-2-1-3-6-16/h1-12,15,28H,13-14H2. The van der Waals surface area contributed by atoms with Gasteiger partial charge in [0, 0.05) is 17.7 Å². The number of alkyl halides is 3. The van der Waals surface area contributed by atoms with Crippen LogP contribution < -0.4 is 5.32 Å². The van der Waals surface area contributed by atoms with Gasteiger partial charge in [0.2, 0.25) is 0 Å². The number of anilines is 1. The van der Waals surface area contributed by atoms with Gasteiger partial charge in [-0.05, 0) is 35.7 Å². The third-order valence-corrected chi connectivity index (χ3v) is 5.33. The molecular formula is C24H18F3N3. The summed E-state index contributed by atoms with van der Waals surface area (Å²) in [5, 5.41) is 7.96. The average molecular weight is 405 g/mol. The summed E-state index contributed by atoms with van der Waals surface area (Å²) in [4.78, 5) is 0. The van der Waals surface area contributed by atoms with Crippen LogP contribution in [0.1, 0.15) is 11.1 Å². The lowest BCUT2D eigenvalue weighted by Gasteiger charge is -2.10. The minimum absolute atomic E-state index is 0.391. The largest absolute Gasteiger partial charge is 0.416 e. The van der Waals surface area contributed by atoms with Gasteiger partial charge in [-0.25, -0.2) is 4.68 Å². The summed E-state index contributed by atoms with van der Waals surface area (Å²) < 4.78 is 41.1. The van der Waals surface area contributed by atoms with Gasteiger partial charge in [0.05, 0.1) is 16.9 Å². The topological polar surface area (TPSA) is 29.9 Å². The number of fused-ring (bicyclic) bond motifs is 1. The molecule has 0 aliphatic carbocycles. The molecule has 0 unspecified atom stereocenters. The summed E-state index contributed by atoms with van der Waals surface area (Å²) >= 11 is 0. The highest BCUT2D eigenvalue weighted by molar-refractivity contribution is 5.75. The first kappa shape index (κ1) is 18.5. The Bertz CT molecular complexity index is 1190. The van der Waals surface area contributed by atoms with E-state index in [1.165, 1.54) is 6.07 Å². The molecule has 0 fully saturated rings. The molecule has 150 valence electrons. The summed E-state index contributed by atoms with van der Waals surface area (Å²) in [7, 11) is 0. The maximum atomic E-state index is 13.2. The summed E-state index contributed by atoms with van der Waals surface area (Å²) in [6.45, 7) is 0.737. The van der Waals surface area contributed by atoms with Crippen molar-refractivity contribution in [1.29, 1.82) is 0 Å². The van der Waals surface area contributed by atoms with Crippen molar-refractivity contribution in [2.75, 3.05) is 11.9 Å². The Balaban J connectivity index is 1.56. The number of aromatic nitrogens is 2. The van der Waals surface area contributed by atoms with Crippen molar-refractivity contribution >= 4 is 5.82 Å². The molecule has 3 aromatic carbocycles. The van der Waals surface area contributed by atoms with Crippen LogP contribution in [-0.2, 0) is 12.6 Å². The molecule has 1 aliphatic heterocycles. The van der Waals surface area contributed by atoms with Crippen molar-refractivity contribution < 1.29 is 13.2 Å². The smallest absolute Gasteiger partial charge is 0.369 e. The highest BCUT2D eigenvalue weighted by atomic mass is 19.4. The van der Waals surface area contributed by atoms with Crippen LogP contribution in [0.15, 0.2) is 78.9 Å². The number of benzene rings is 3. The van der Waals surface area contributed by atoms with Crippen molar-refractivity contribution in [3.8, 4) is 28.1 Å². The van der Waals surface area contributed by atoms with E-state index in [9.17, 15) is 13.2 Å². The number of hydrogen-bond donors (Lipinski definition) is 1. The molecule has 0 amide bonds. The molecule has 0 saturated heterocycles. The van der Waals surface area contributed by atoms with Crippen LogP contribution in [-0.4, -0.2) is 16.3 Å². The first-order valence-corrected chi connectivity index (χ1v) is 9.70. The zero-order valence-electron chi connectivity index (χ0n) is 15.9. The van der Waals surface area contributed by atoms with E-state index in [1.807, 2.05) is 42.5 Å². The zero-order valence-corrected chi connectivity index (χ0v) is 15.9. The zero-order chi connectivity index (χ0) is 20.7. The highest BCUT2D eigenvalue weighted by Gasteiger charge is 2.31. The van der Waals surface area contributed by atoms with Crippen LogP contribution >= 0.6 is 0 Å². The lowest BCUT2D eigenvalue weighted by molar-refractivity contribution is -0.137. The Morgan fingerprint density at radius 1 is 0.800 bits per heavy atom. The van der Waals surface area contributed by atoms with Crippen molar-refractivity contribution in [2.45, 2.75) is 12.6 Å². The van der Waals surface area contributed by atoms with E-state index in [2.05, 4.69) is 22.5 Å². The molecule has 3 nitrogen and oxygen atoms in total. The van der Waals surface area contributed by atoms with Crippen LogP contribution in [0.25, 0.3) is 28.1 Å².